The van der Waals surface area contributed by atoms with E-state index in [9.17, 15) is 25.2 Å². The minimum absolute atomic E-state index is 0.140. The summed E-state index contributed by atoms with van der Waals surface area (Å²) in [5.41, 5.74) is 2.02. The van der Waals surface area contributed by atoms with Gasteiger partial charge in [-0.1, -0.05) is 18.2 Å². The van der Waals surface area contributed by atoms with E-state index in [2.05, 4.69) is 4.74 Å². The molecule has 2 aliphatic heterocycles. The van der Waals surface area contributed by atoms with Crippen molar-refractivity contribution in [2.75, 3.05) is 13.7 Å². The highest BCUT2D eigenvalue weighted by atomic mass is 16.7. The predicted molar refractivity (Wildman–Crippen MR) is 106 cm³/mol. The van der Waals surface area contributed by atoms with Gasteiger partial charge in [-0.3, -0.25) is 0 Å². The first-order valence-electron chi connectivity index (χ1n) is 9.86. The SMILES string of the molecule is COC(=O)C1OC(Oc2ccc3c(c2)OCC(c2ccc(O)cc2)C3)C(O)C(O)C1O. The summed E-state index contributed by atoms with van der Waals surface area (Å²) >= 11 is 0. The van der Waals surface area contributed by atoms with Crippen LogP contribution in [0.15, 0.2) is 42.5 Å². The molecule has 0 bridgehead atoms. The van der Waals surface area contributed by atoms with Gasteiger partial charge in [-0.05, 0) is 35.7 Å². The van der Waals surface area contributed by atoms with E-state index >= 15 is 0 Å². The van der Waals surface area contributed by atoms with Gasteiger partial charge in [-0.15, -0.1) is 0 Å². The third-order valence-corrected chi connectivity index (χ3v) is 5.56. The van der Waals surface area contributed by atoms with Gasteiger partial charge in [0, 0.05) is 12.0 Å². The van der Waals surface area contributed by atoms with Crippen molar-refractivity contribution in [3.05, 3.63) is 53.6 Å². The van der Waals surface area contributed by atoms with Crippen molar-refractivity contribution >= 4 is 5.97 Å². The summed E-state index contributed by atoms with van der Waals surface area (Å²) in [6, 6.07) is 12.2. The molecule has 4 rings (SSSR count). The van der Waals surface area contributed by atoms with Gasteiger partial charge >= 0.3 is 5.97 Å². The number of carbonyl (C=O) groups excluding carboxylic acids is 1. The molecule has 6 unspecified atom stereocenters. The highest BCUT2D eigenvalue weighted by molar-refractivity contribution is 5.75. The van der Waals surface area contributed by atoms with E-state index < -0.39 is 36.7 Å². The Morgan fingerprint density at radius 2 is 1.77 bits per heavy atom. The average molecular weight is 432 g/mol. The van der Waals surface area contributed by atoms with Gasteiger partial charge < -0.3 is 39.4 Å². The molecular weight excluding hydrogens is 408 g/mol. The Morgan fingerprint density at radius 1 is 1.03 bits per heavy atom. The minimum atomic E-state index is -1.65. The molecule has 2 heterocycles. The maximum atomic E-state index is 11.8. The molecule has 9 heteroatoms. The summed E-state index contributed by atoms with van der Waals surface area (Å²) in [7, 11) is 1.12. The normalized spacial score (nSPS) is 30.1. The maximum Gasteiger partial charge on any atom is 0.337 e. The van der Waals surface area contributed by atoms with E-state index in [0.717, 1.165) is 24.7 Å². The van der Waals surface area contributed by atoms with Crippen LogP contribution in [-0.2, 0) is 20.7 Å². The Balaban J connectivity index is 1.47. The highest BCUT2D eigenvalue weighted by Gasteiger charge is 2.48. The van der Waals surface area contributed by atoms with Gasteiger partial charge in [0.25, 0.3) is 0 Å². The van der Waals surface area contributed by atoms with Crippen molar-refractivity contribution in [2.45, 2.75) is 43.0 Å². The Labute approximate surface area is 178 Å². The summed E-state index contributed by atoms with van der Waals surface area (Å²) in [6.45, 7) is 0.444. The zero-order valence-electron chi connectivity index (χ0n) is 16.7. The second-order valence-electron chi connectivity index (χ2n) is 7.61. The molecule has 31 heavy (non-hydrogen) atoms. The molecule has 2 aromatic carbocycles. The molecule has 1 fully saturated rings. The van der Waals surface area contributed by atoms with Gasteiger partial charge in [0.1, 0.15) is 35.6 Å². The quantitative estimate of drug-likeness (QED) is 0.509. The van der Waals surface area contributed by atoms with Crippen LogP contribution in [0.2, 0.25) is 0 Å². The zero-order valence-corrected chi connectivity index (χ0v) is 16.7. The number of phenols is 1. The van der Waals surface area contributed by atoms with Crippen molar-refractivity contribution in [1.82, 2.24) is 0 Å². The largest absolute Gasteiger partial charge is 0.508 e. The van der Waals surface area contributed by atoms with E-state index in [1.165, 1.54) is 0 Å². The molecule has 0 aromatic heterocycles. The maximum absolute atomic E-state index is 11.8. The van der Waals surface area contributed by atoms with Gasteiger partial charge in [0.05, 0.1) is 13.7 Å². The van der Waals surface area contributed by atoms with Crippen molar-refractivity contribution in [2.24, 2.45) is 0 Å². The molecule has 4 N–H and O–H groups in total. The third-order valence-electron chi connectivity index (χ3n) is 5.56. The molecule has 2 aromatic rings. The molecule has 0 radical (unpaired) electrons. The van der Waals surface area contributed by atoms with Crippen LogP contribution >= 0.6 is 0 Å². The zero-order chi connectivity index (χ0) is 22.1. The molecule has 6 atom stereocenters. The fraction of sp³-hybridized carbons (Fsp3) is 0.409. The van der Waals surface area contributed by atoms with Crippen molar-refractivity contribution in [3.63, 3.8) is 0 Å². The molecule has 2 aliphatic rings. The summed E-state index contributed by atoms with van der Waals surface area (Å²) in [5.74, 6) is 0.379. The van der Waals surface area contributed by atoms with Crippen LogP contribution in [-0.4, -0.2) is 70.8 Å². The van der Waals surface area contributed by atoms with Crippen molar-refractivity contribution < 1.29 is 44.2 Å². The lowest BCUT2D eigenvalue weighted by Gasteiger charge is -2.39. The van der Waals surface area contributed by atoms with Gasteiger partial charge in [-0.2, -0.15) is 0 Å². The highest BCUT2D eigenvalue weighted by Crippen LogP contribution is 2.36. The summed E-state index contributed by atoms with van der Waals surface area (Å²) < 4.78 is 21.4. The number of fused-ring (bicyclic) bond motifs is 1. The topological polar surface area (TPSA) is 135 Å². The number of aliphatic hydroxyl groups is 3. The van der Waals surface area contributed by atoms with E-state index in [1.807, 2.05) is 18.2 Å². The number of hydrogen-bond acceptors (Lipinski definition) is 9. The van der Waals surface area contributed by atoms with Crippen LogP contribution in [0.3, 0.4) is 0 Å². The number of rotatable bonds is 4. The fourth-order valence-corrected chi connectivity index (χ4v) is 3.78. The van der Waals surface area contributed by atoms with Gasteiger partial charge in [-0.25, -0.2) is 4.79 Å². The third kappa shape index (κ3) is 4.31. The second-order valence-corrected chi connectivity index (χ2v) is 7.61. The first-order valence-corrected chi connectivity index (χ1v) is 9.86. The molecule has 0 spiro atoms. The van der Waals surface area contributed by atoms with E-state index in [0.29, 0.717) is 18.1 Å². The lowest BCUT2D eigenvalue weighted by molar-refractivity contribution is -0.271. The number of esters is 1. The second kappa shape index (κ2) is 8.72. The van der Waals surface area contributed by atoms with Crippen molar-refractivity contribution in [1.29, 1.82) is 0 Å². The van der Waals surface area contributed by atoms with Crippen LogP contribution in [0.4, 0.5) is 0 Å². The molecule has 1 saturated heterocycles. The molecular formula is C22H24O9. The summed E-state index contributed by atoms with van der Waals surface area (Å²) in [4.78, 5) is 11.8. The van der Waals surface area contributed by atoms with Crippen LogP contribution in [0.25, 0.3) is 0 Å². The number of aromatic hydroxyl groups is 1. The van der Waals surface area contributed by atoms with Crippen LogP contribution < -0.4 is 9.47 Å². The van der Waals surface area contributed by atoms with Crippen LogP contribution in [0, 0.1) is 0 Å². The number of benzene rings is 2. The first kappa shape index (κ1) is 21.4. The number of methoxy groups -OCH3 is 1. The van der Waals surface area contributed by atoms with Gasteiger partial charge in [0.15, 0.2) is 6.10 Å². The minimum Gasteiger partial charge on any atom is -0.508 e. The lowest BCUT2D eigenvalue weighted by Crippen LogP contribution is -2.61. The van der Waals surface area contributed by atoms with E-state index in [1.54, 1.807) is 24.3 Å². The summed E-state index contributed by atoms with van der Waals surface area (Å²) in [6.07, 6.45) is -7.03. The average Bonchev–Trinajstić information content (AvgIpc) is 2.79. The monoisotopic (exact) mass is 432 g/mol. The number of ether oxygens (including phenoxy) is 4. The Bertz CT molecular complexity index is 929. The number of phenolic OH excluding ortho intramolecular Hbond substituents is 1. The smallest absolute Gasteiger partial charge is 0.337 e. The van der Waals surface area contributed by atoms with E-state index in [4.69, 9.17) is 14.2 Å². The Morgan fingerprint density at radius 3 is 2.48 bits per heavy atom. The fourth-order valence-electron chi connectivity index (χ4n) is 3.78. The Hall–Kier alpha value is -2.85. The number of aliphatic hydroxyl groups excluding tert-OH is 3. The van der Waals surface area contributed by atoms with E-state index in [-0.39, 0.29) is 11.7 Å². The summed E-state index contributed by atoms with van der Waals surface area (Å²) in [5, 5.41) is 39.7. The Kier molecular flexibility index (Phi) is 6.01. The van der Waals surface area contributed by atoms with Crippen LogP contribution in [0.5, 0.6) is 17.2 Å². The van der Waals surface area contributed by atoms with Crippen LogP contribution in [0.1, 0.15) is 17.0 Å². The molecule has 9 nitrogen and oxygen atoms in total. The molecule has 0 aliphatic carbocycles. The molecule has 0 saturated carbocycles. The molecule has 166 valence electrons. The predicted octanol–water partition coefficient (Wildman–Crippen LogP) is 0.470. The number of carbonyl (C=O) groups is 1. The number of hydrogen-bond donors (Lipinski definition) is 4. The van der Waals surface area contributed by atoms with Crippen molar-refractivity contribution in [3.8, 4) is 17.2 Å². The lowest BCUT2D eigenvalue weighted by atomic mass is 9.90. The van der Waals surface area contributed by atoms with Gasteiger partial charge in [0.2, 0.25) is 6.29 Å². The first-order chi connectivity index (χ1) is 14.9. The molecule has 0 amide bonds. The standard InChI is InChI=1S/C22H24O9/c1-28-21(27)20-18(25)17(24)19(26)22(31-20)30-15-7-4-12-8-13(10-29-16(12)9-15)11-2-5-14(23)6-3-11/h2-7,9,13,17-20,22-26H,8,10H2,1H3.